The first-order valence-electron chi connectivity index (χ1n) is 6.21. The molecular formula is C12H17BrN4O2. The summed E-state index contributed by atoms with van der Waals surface area (Å²) >= 11 is 3.28. The van der Waals surface area contributed by atoms with Crippen molar-refractivity contribution < 1.29 is 9.90 Å². The van der Waals surface area contributed by atoms with E-state index in [1.54, 1.807) is 12.3 Å². The highest BCUT2D eigenvalue weighted by atomic mass is 79.9. The number of anilines is 1. The Morgan fingerprint density at radius 2 is 2.11 bits per heavy atom. The third-order valence-corrected chi connectivity index (χ3v) is 3.70. The van der Waals surface area contributed by atoms with Crippen molar-refractivity contribution in [2.24, 2.45) is 5.84 Å². The summed E-state index contributed by atoms with van der Waals surface area (Å²) in [5, 5.41) is 12.4. The second kappa shape index (κ2) is 6.31. The molecule has 0 radical (unpaired) electrons. The Morgan fingerprint density at radius 3 is 2.74 bits per heavy atom. The molecule has 1 aromatic rings. The lowest BCUT2D eigenvalue weighted by molar-refractivity contribution is 0.0868. The Morgan fingerprint density at radius 1 is 1.42 bits per heavy atom. The van der Waals surface area contributed by atoms with Crippen LogP contribution in [0.4, 0.5) is 5.82 Å². The van der Waals surface area contributed by atoms with Crippen LogP contribution in [0.3, 0.4) is 0 Å². The topological polar surface area (TPSA) is 100 Å². The Balaban J connectivity index is 2.05. The zero-order valence-electron chi connectivity index (χ0n) is 10.4. The van der Waals surface area contributed by atoms with Crippen molar-refractivity contribution >= 4 is 27.7 Å². The van der Waals surface area contributed by atoms with E-state index < -0.39 is 0 Å². The number of pyridine rings is 1. The maximum absolute atomic E-state index is 12.2. The normalized spacial score (nSPS) is 22.9. The van der Waals surface area contributed by atoms with Gasteiger partial charge >= 0.3 is 0 Å². The molecular weight excluding hydrogens is 312 g/mol. The van der Waals surface area contributed by atoms with Crippen molar-refractivity contribution in [2.75, 3.05) is 5.43 Å². The van der Waals surface area contributed by atoms with Crippen molar-refractivity contribution in [1.29, 1.82) is 0 Å². The predicted molar refractivity (Wildman–Crippen MR) is 75.5 cm³/mol. The highest BCUT2D eigenvalue weighted by molar-refractivity contribution is 9.10. The molecule has 1 fully saturated rings. The van der Waals surface area contributed by atoms with Gasteiger partial charge in [0, 0.05) is 16.7 Å². The Hall–Kier alpha value is -1.18. The number of nitrogen functional groups attached to an aromatic ring is 1. The number of aliphatic hydroxyl groups excluding tert-OH is 1. The number of halogens is 1. The maximum Gasteiger partial charge on any atom is 0.255 e. The summed E-state index contributed by atoms with van der Waals surface area (Å²) in [5.41, 5.74) is 2.82. The molecule has 0 saturated heterocycles. The summed E-state index contributed by atoms with van der Waals surface area (Å²) in [7, 11) is 0. The van der Waals surface area contributed by atoms with Gasteiger partial charge in [0.1, 0.15) is 0 Å². The number of nitrogens with one attached hydrogen (secondary N) is 2. The first-order valence-corrected chi connectivity index (χ1v) is 7.00. The molecule has 6 nitrogen and oxygen atoms in total. The van der Waals surface area contributed by atoms with E-state index in [0.717, 1.165) is 30.2 Å². The zero-order chi connectivity index (χ0) is 13.8. The van der Waals surface area contributed by atoms with Crippen molar-refractivity contribution in [3.05, 3.63) is 22.3 Å². The van der Waals surface area contributed by atoms with Crippen molar-refractivity contribution in [2.45, 2.75) is 37.8 Å². The Labute approximate surface area is 119 Å². The maximum atomic E-state index is 12.2. The third-order valence-electron chi connectivity index (χ3n) is 3.27. The van der Waals surface area contributed by atoms with Crippen molar-refractivity contribution in [3.63, 3.8) is 0 Å². The van der Waals surface area contributed by atoms with Crippen LogP contribution in [-0.4, -0.2) is 28.1 Å². The summed E-state index contributed by atoms with van der Waals surface area (Å²) in [6, 6.07) is 1.77. The number of rotatable bonds is 3. The van der Waals surface area contributed by atoms with Gasteiger partial charge in [-0.2, -0.15) is 0 Å². The molecule has 1 aliphatic rings. The number of hydrogen-bond donors (Lipinski definition) is 4. The summed E-state index contributed by atoms with van der Waals surface area (Å²) < 4.78 is 0.718. The highest BCUT2D eigenvalue weighted by Gasteiger charge is 2.22. The fourth-order valence-corrected chi connectivity index (χ4v) is 2.54. The van der Waals surface area contributed by atoms with E-state index in [2.05, 4.69) is 31.7 Å². The Kier molecular flexibility index (Phi) is 4.73. The van der Waals surface area contributed by atoms with Crippen molar-refractivity contribution in [3.8, 4) is 0 Å². The molecule has 1 amide bonds. The first-order chi connectivity index (χ1) is 9.10. The van der Waals surface area contributed by atoms with Gasteiger partial charge in [0.25, 0.3) is 5.91 Å². The van der Waals surface area contributed by atoms with E-state index in [1.165, 1.54) is 0 Å². The molecule has 0 atom stereocenters. The van der Waals surface area contributed by atoms with Crippen LogP contribution in [0.15, 0.2) is 16.7 Å². The van der Waals surface area contributed by atoms with Crippen LogP contribution in [0, 0.1) is 0 Å². The Bertz CT molecular complexity index is 461. The van der Waals surface area contributed by atoms with Crippen LogP contribution in [-0.2, 0) is 0 Å². The average molecular weight is 329 g/mol. The summed E-state index contributed by atoms with van der Waals surface area (Å²) in [4.78, 5) is 16.2. The zero-order valence-corrected chi connectivity index (χ0v) is 12.0. The molecule has 1 saturated carbocycles. The molecule has 2 rings (SSSR count). The molecule has 1 aromatic heterocycles. The van der Waals surface area contributed by atoms with Gasteiger partial charge in [-0.1, -0.05) is 0 Å². The first kappa shape index (κ1) is 14.2. The monoisotopic (exact) mass is 328 g/mol. The van der Waals surface area contributed by atoms with Gasteiger partial charge in [-0.15, -0.1) is 0 Å². The third kappa shape index (κ3) is 3.65. The number of hydrogen-bond acceptors (Lipinski definition) is 5. The number of nitrogens with zero attached hydrogens (tertiary/aromatic N) is 1. The SMILES string of the molecule is NNc1ncc(Br)cc1C(=O)NC1CCC(O)CC1. The van der Waals surface area contributed by atoms with E-state index in [1.807, 2.05) is 0 Å². The lowest BCUT2D eigenvalue weighted by Crippen LogP contribution is -2.39. The number of carbonyl (C=O) groups excluding carboxylic acids is 1. The van der Waals surface area contributed by atoms with E-state index in [4.69, 9.17) is 5.84 Å². The van der Waals surface area contributed by atoms with Crippen LogP contribution in [0.5, 0.6) is 0 Å². The quantitative estimate of drug-likeness (QED) is 0.493. The van der Waals surface area contributed by atoms with E-state index in [0.29, 0.717) is 11.4 Å². The number of amides is 1. The van der Waals surface area contributed by atoms with Crippen LogP contribution < -0.4 is 16.6 Å². The molecule has 104 valence electrons. The lowest BCUT2D eigenvalue weighted by atomic mass is 9.93. The minimum atomic E-state index is -0.234. The fourth-order valence-electron chi connectivity index (χ4n) is 2.21. The number of nitrogens with two attached hydrogens (primary N) is 1. The molecule has 0 unspecified atom stereocenters. The molecule has 0 aliphatic heterocycles. The molecule has 0 bridgehead atoms. The summed E-state index contributed by atoms with van der Waals surface area (Å²) in [6.07, 6.45) is 4.37. The molecule has 7 heteroatoms. The molecule has 0 aromatic carbocycles. The largest absolute Gasteiger partial charge is 0.393 e. The van der Waals surface area contributed by atoms with Crippen LogP contribution in [0.2, 0.25) is 0 Å². The van der Waals surface area contributed by atoms with Crippen LogP contribution in [0.1, 0.15) is 36.0 Å². The smallest absolute Gasteiger partial charge is 0.255 e. The molecule has 0 spiro atoms. The molecule has 5 N–H and O–H groups in total. The summed E-state index contributed by atoms with van der Waals surface area (Å²) in [5.74, 6) is 5.49. The minimum Gasteiger partial charge on any atom is -0.393 e. The molecule has 19 heavy (non-hydrogen) atoms. The number of aliphatic hydroxyl groups is 1. The van der Waals surface area contributed by atoms with Crippen molar-refractivity contribution in [1.82, 2.24) is 10.3 Å². The fraction of sp³-hybridized carbons (Fsp3) is 0.500. The second-order valence-electron chi connectivity index (χ2n) is 4.67. The van der Waals surface area contributed by atoms with E-state index >= 15 is 0 Å². The van der Waals surface area contributed by atoms with E-state index in [9.17, 15) is 9.90 Å². The van der Waals surface area contributed by atoms with E-state index in [-0.39, 0.29) is 18.1 Å². The second-order valence-corrected chi connectivity index (χ2v) is 5.59. The number of carbonyl (C=O) groups is 1. The van der Waals surface area contributed by atoms with Crippen LogP contribution in [0.25, 0.3) is 0 Å². The standard InChI is InChI=1S/C12H17BrN4O2/c13-7-5-10(11(17-14)15-6-7)12(19)16-8-1-3-9(18)4-2-8/h5-6,8-9,18H,1-4,14H2,(H,15,17)(H,16,19). The molecule has 1 aliphatic carbocycles. The van der Waals surface area contributed by atoms with Gasteiger partial charge in [0.2, 0.25) is 0 Å². The summed E-state index contributed by atoms with van der Waals surface area (Å²) in [6.45, 7) is 0. The highest BCUT2D eigenvalue weighted by Crippen LogP contribution is 2.21. The van der Waals surface area contributed by atoms with Gasteiger partial charge < -0.3 is 15.8 Å². The minimum absolute atomic E-state index is 0.0977. The van der Waals surface area contributed by atoms with Gasteiger partial charge in [0.15, 0.2) is 5.82 Å². The molecule has 1 heterocycles. The predicted octanol–water partition coefficient (Wildman–Crippen LogP) is 1.16. The average Bonchev–Trinajstić information content (AvgIpc) is 2.41. The van der Waals surface area contributed by atoms with Gasteiger partial charge in [0.05, 0.1) is 11.7 Å². The van der Waals surface area contributed by atoms with Gasteiger partial charge in [-0.25, -0.2) is 10.8 Å². The number of hydrazine groups is 1. The van der Waals surface area contributed by atoms with Gasteiger partial charge in [-0.05, 0) is 47.7 Å². The van der Waals surface area contributed by atoms with Gasteiger partial charge in [-0.3, -0.25) is 4.79 Å². The number of aromatic nitrogens is 1. The lowest BCUT2D eigenvalue weighted by Gasteiger charge is -2.26. The van der Waals surface area contributed by atoms with Crippen LogP contribution >= 0.6 is 15.9 Å².